The normalized spacial score (nSPS) is 23.6. The Balaban J connectivity index is 1.22. The predicted molar refractivity (Wildman–Crippen MR) is 148 cm³/mol. The molecule has 0 radical (unpaired) electrons. The molecule has 2 aromatic rings. The van der Waals surface area contributed by atoms with E-state index in [1.807, 2.05) is 0 Å². The van der Waals surface area contributed by atoms with Crippen LogP contribution in [0, 0.1) is 5.92 Å². The van der Waals surface area contributed by atoms with Gasteiger partial charge in [0, 0.05) is 62.0 Å². The van der Waals surface area contributed by atoms with E-state index < -0.39 is 0 Å². The van der Waals surface area contributed by atoms with Crippen LogP contribution >= 0.6 is 0 Å². The number of rotatable bonds is 7. The fourth-order valence-electron chi connectivity index (χ4n) is 6.79. The van der Waals surface area contributed by atoms with Crippen LogP contribution in [0.2, 0.25) is 0 Å². The lowest BCUT2D eigenvalue weighted by Gasteiger charge is -2.39. The van der Waals surface area contributed by atoms with Crippen LogP contribution in [0.5, 0.6) is 0 Å². The molecule has 3 aliphatic rings. The molecule has 2 aliphatic heterocycles. The first-order valence-corrected chi connectivity index (χ1v) is 14.1. The SMILES string of the molecule is C=C1CCC(c2nn(C)c3c(N4CCN(C(C)CCCC5CCCCC5)CC4)cccc23)C(=C)N1. The number of hydrogen-bond acceptors (Lipinski definition) is 4. The molecular weight excluding hydrogens is 430 g/mol. The Kier molecular flexibility index (Phi) is 7.52. The molecule has 5 nitrogen and oxygen atoms in total. The zero-order valence-electron chi connectivity index (χ0n) is 22.1. The van der Waals surface area contributed by atoms with Gasteiger partial charge in [-0.3, -0.25) is 9.58 Å². The predicted octanol–water partition coefficient (Wildman–Crippen LogP) is 6.33. The monoisotopic (exact) mass is 475 g/mol. The van der Waals surface area contributed by atoms with E-state index in [2.05, 4.69) is 65.1 Å². The third kappa shape index (κ3) is 5.30. The van der Waals surface area contributed by atoms with Crippen molar-refractivity contribution >= 4 is 16.6 Å². The van der Waals surface area contributed by atoms with Gasteiger partial charge in [0.05, 0.1) is 16.9 Å². The van der Waals surface area contributed by atoms with Crippen molar-refractivity contribution in [2.24, 2.45) is 13.0 Å². The summed E-state index contributed by atoms with van der Waals surface area (Å²) in [5.41, 5.74) is 5.83. The van der Waals surface area contributed by atoms with Crippen LogP contribution < -0.4 is 10.2 Å². The molecule has 5 rings (SSSR count). The van der Waals surface area contributed by atoms with E-state index in [4.69, 9.17) is 5.10 Å². The third-order valence-electron chi connectivity index (χ3n) is 8.93. The lowest BCUT2D eigenvalue weighted by Crippen LogP contribution is -2.49. The minimum atomic E-state index is 0.241. The van der Waals surface area contributed by atoms with Gasteiger partial charge < -0.3 is 10.2 Å². The van der Waals surface area contributed by atoms with Gasteiger partial charge in [0.25, 0.3) is 0 Å². The van der Waals surface area contributed by atoms with Crippen LogP contribution in [-0.2, 0) is 7.05 Å². The maximum absolute atomic E-state index is 5.01. The Labute approximate surface area is 212 Å². The molecular formula is C30H45N5. The van der Waals surface area contributed by atoms with Crippen LogP contribution in [0.15, 0.2) is 42.8 Å². The van der Waals surface area contributed by atoms with Crippen LogP contribution in [-0.4, -0.2) is 46.9 Å². The van der Waals surface area contributed by atoms with Gasteiger partial charge in [-0.05, 0) is 38.2 Å². The molecule has 1 aromatic heterocycles. The first-order valence-electron chi connectivity index (χ1n) is 14.1. The van der Waals surface area contributed by atoms with Gasteiger partial charge in [-0.15, -0.1) is 0 Å². The van der Waals surface area contributed by atoms with Crippen molar-refractivity contribution in [2.75, 3.05) is 31.1 Å². The molecule has 0 bridgehead atoms. The van der Waals surface area contributed by atoms with Crippen molar-refractivity contribution in [1.82, 2.24) is 20.0 Å². The van der Waals surface area contributed by atoms with Gasteiger partial charge in [-0.1, -0.05) is 70.2 Å². The Bertz CT molecular complexity index is 1040. The summed E-state index contributed by atoms with van der Waals surface area (Å²) in [5, 5.41) is 9.65. The molecule has 3 heterocycles. The molecule has 1 saturated carbocycles. The van der Waals surface area contributed by atoms with E-state index in [0.717, 1.165) is 62.0 Å². The number of fused-ring (bicyclic) bond motifs is 1. The van der Waals surface area contributed by atoms with Gasteiger partial charge in [-0.25, -0.2) is 0 Å². The molecule has 35 heavy (non-hydrogen) atoms. The zero-order chi connectivity index (χ0) is 24.4. The summed E-state index contributed by atoms with van der Waals surface area (Å²) in [6, 6.07) is 7.43. The molecule has 5 heteroatoms. The number of nitrogens with one attached hydrogen (secondary N) is 1. The summed E-state index contributed by atoms with van der Waals surface area (Å²) in [6.45, 7) is 15.3. The van der Waals surface area contributed by atoms with Crippen LogP contribution in [0.25, 0.3) is 10.9 Å². The fraction of sp³-hybridized carbons (Fsp3) is 0.633. The van der Waals surface area contributed by atoms with Gasteiger partial charge in [0.15, 0.2) is 0 Å². The lowest BCUT2D eigenvalue weighted by atomic mass is 9.85. The first kappa shape index (κ1) is 24.4. The molecule has 190 valence electrons. The number of piperidine rings is 1. The number of allylic oxidation sites excluding steroid dienone is 2. The summed E-state index contributed by atoms with van der Waals surface area (Å²) in [4.78, 5) is 5.30. The van der Waals surface area contributed by atoms with Crippen LogP contribution in [0.4, 0.5) is 5.69 Å². The third-order valence-corrected chi connectivity index (χ3v) is 8.93. The standard InChI is InChI=1S/C30H45N5/c1-22-16-17-26(24(3)31-22)29-27-14-9-15-28(30(27)33(4)32-29)35-20-18-34(19-21-35)23(2)10-8-13-25-11-6-5-7-12-25/h9,14-15,23,25-26,31H,1,3,5-8,10-13,16-21H2,2,4H3. The van der Waals surface area contributed by atoms with E-state index in [1.165, 1.54) is 68.0 Å². The van der Waals surface area contributed by atoms with Gasteiger partial charge in [0.2, 0.25) is 0 Å². The first-order chi connectivity index (χ1) is 17.0. The van der Waals surface area contributed by atoms with E-state index in [0.29, 0.717) is 6.04 Å². The van der Waals surface area contributed by atoms with Crippen molar-refractivity contribution in [3.8, 4) is 0 Å². The second-order valence-corrected chi connectivity index (χ2v) is 11.3. The molecule has 0 amide bonds. The molecule has 1 aromatic carbocycles. The fourth-order valence-corrected chi connectivity index (χ4v) is 6.79. The molecule has 0 spiro atoms. The second-order valence-electron chi connectivity index (χ2n) is 11.3. The number of aromatic nitrogens is 2. The summed E-state index contributed by atoms with van der Waals surface area (Å²) in [6.07, 6.45) is 13.6. The van der Waals surface area contributed by atoms with Crippen molar-refractivity contribution < 1.29 is 0 Å². The summed E-state index contributed by atoms with van der Waals surface area (Å²) in [5.74, 6) is 1.25. The van der Waals surface area contributed by atoms with Gasteiger partial charge >= 0.3 is 0 Å². The molecule has 1 aliphatic carbocycles. The average Bonchev–Trinajstić information content (AvgIpc) is 3.21. The second kappa shape index (κ2) is 10.8. The van der Waals surface area contributed by atoms with E-state index >= 15 is 0 Å². The Morgan fingerprint density at radius 2 is 1.83 bits per heavy atom. The lowest BCUT2D eigenvalue weighted by molar-refractivity contribution is 0.182. The Hall–Kier alpha value is -2.27. The summed E-state index contributed by atoms with van der Waals surface area (Å²) < 4.78 is 2.09. The quantitative estimate of drug-likeness (QED) is 0.508. The molecule has 1 N–H and O–H groups in total. The van der Waals surface area contributed by atoms with E-state index in [1.54, 1.807) is 0 Å². The smallest absolute Gasteiger partial charge is 0.0915 e. The number of hydrogen-bond donors (Lipinski definition) is 1. The van der Waals surface area contributed by atoms with E-state index in [9.17, 15) is 0 Å². The van der Waals surface area contributed by atoms with Crippen molar-refractivity contribution in [3.63, 3.8) is 0 Å². The number of para-hydroxylation sites is 1. The molecule has 2 unspecified atom stereocenters. The number of benzene rings is 1. The highest BCUT2D eigenvalue weighted by atomic mass is 15.3. The highest BCUT2D eigenvalue weighted by molar-refractivity contribution is 5.94. The van der Waals surface area contributed by atoms with Crippen LogP contribution in [0.3, 0.4) is 0 Å². The largest absolute Gasteiger partial charge is 0.367 e. The summed E-state index contributed by atoms with van der Waals surface area (Å²) >= 11 is 0. The number of anilines is 1. The van der Waals surface area contributed by atoms with E-state index in [-0.39, 0.29) is 5.92 Å². The van der Waals surface area contributed by atoms with Crippen molar-refractivity contribution in [1.29, 1.82) is 0 Å². The minimum absolute atomic E-state index is 0.241. The highest BCUT2D eigenvalue weighted by Gasteiger charge is 2.28. The maximum atomic E-state index is 5.01. The molecule has 2 saturated heterocycles. The Morgan fingerprint density at radius 1 is 1.06 bits per heavy atom. The molecule has 3 fully saturated rings. The molecule has 2 atom stereocenters. The van der Waals surface area contributed by atoms with Gasteiger partial charge in [0.1, 0.15) is 0 Å². The topological polar surface area (TPSA) is 36.3 Å². The Morgan fingerprint density at radius 3 is 2.57 bits per heavy atom. The minimum Gasteiger partial charge on any atom is -0.367 e. The highest BCUT2D eigenvalue weighted by Crippen LogP contribution is 2.38. The number of aryl methyl sites for hydroxylation is 1. The number of nitrogens with zero attached hydrogens (tertiary/aromatic N) is 4. The van der Waals surface area contributed by atoms with Gasteiger partial charge in [-0.2, -0.15) is 5.10 Å². The number of piperazine rings is 1. The van der Waals surface area contributed by atoms with Crippen molar-refractivity contribution in [3.05, 3.63) is 48.4 Å². The maximum Gasteiger partial charge on any atom is 0.0915 e. The summed E-state index contributed by atoms with van der Waals surface area (Å²) in [7, 11) is 2.10. The van der Waals surface area contributed by atoms with Crippen LogP contribution in [0.1, 0.15) is 82.7 Å². The average molecular weight is 476 g/mol. The van der Waals surface area contributed by atoms with Crippen molar-refractivity contribution in [2.45, 2.75) is 83.1 Å². The zero-order valence-corrected chi connectivity index (χ0v) is 22.1.